The van der Waals surface area contributed by atoms with Crippen molar-refractivity contribution in [1.29, 1.82) is 0 Å². The normalized spacial score (nSPS) is 23.2. The highest BCUT2D eigenvalue weighted by molar-refractivity contribution is 5.86. The van der Waals surface area contributed by atoms with Crippen LogP contribution in [0.25, 0.3) is 5.57 Å². The maximum atomic E-state index is 11.0. The van der Waals surface area contributed by atoms with E-state index in [9.17, 15) is 4.79 Å². The van der Waals surface area contributed by atoms with Crippen LogP contribution in [0.1, 0.15) is 24.8 Å². The van der Waals surface area contributed by atoms with Gasteiger partial charge in [0.25, 0.3) is 0 Å². The number of para-hydroxylation sites is 1. The van der Waals surface area contributed by atoms with Gasteiger partial charge in [0.15, 0.2) is 0 Å². The summed E-state index contributed by atoms with van der Waals surface area (Å²) in [4.78, 5) is 13.0. The van der Waals surface area contributed by atoms with Crippen molar-refractivity contribution < 1.29 is 14.6 Å². The highest BCUT2D eigenvalue weighted by Gasteiger charge is 2.29. The number of allylic oxidation sites excluding steroid dienone is 4. The Morgan fingerprint density at radius 3 is 2.84 bits per heavy atom. The zero-order chi connectivity index (χ0) is 17.2. The van der Waals surface area contributed by atoms with Crippen molar-refractivity contribution in [3.8, 4) is 5.75 Å². The molecule has 130 valence electrons. The first-order chi connectivity index (χ1) is 12.2. The fourth-order valence-electron chi connectivity index (χ4n) is 4.08. The van der Waals surface area contributed by atoms with Gasteiger partial charge in [-0.05, 0) is 36.5 Å². The Bertz CT molecular complexity index is 765. The van der Waals surface area contributed by atoms with Crippen LogP contribution in [0.15, 0.2) is 53.6 Å². The van der Waals surface area contributed by atoms with E-state index in [1.807, 2.05) is 11.0 Å². The topological polar surface area (TPSA) is 49.8 Å². The van der Waals surface area contributed by atoms with E-state index in [0.717, 1.165) is 44.7 Å². The van der Waals surface area contributed by atoms with Gasteiger partial charge in [0.2, 0.25) is 0 Å². The van der Waals surface area contributed by atoms with Gasteiger partial charge in [-0.15, -0.1) is 0 Å². The van der Waals surface area contributed by atoms with Crippen LogP contribution in [-0.2, 0) is 4.79 Å². The molecule has 1 unspecified atom stereocenters. The number of rotatable bonds is 2. The lowest BCUT2D eigenvalue weighted by molar-refractivity contribution is -0.138. The lowest BCUT2D eigenvalue weighted by Gasteiger charge is -2.30. The van der Waals surface area contributed by atoms with E-state index < -0.39 is 5.97 Å². The van der Waals surface area contributed by atoms with E-state index in [2.05, 4.69) is 36.4 Å². The Labute approximate surface area is 148 Å². The number of fused-ring (bicyclic) bond motifs is 2. The molecule has 2 heterocycles. The molecule has 2 aliphatic heterocycles. The maximum Gasteiger partial charge on any atom is 0.317 e. The lowest BCUT2D eigenvalue weighted by Crippen LogP contribution is -2.35. The third-order valence-electron chi connectivity index (χ3n) is 5.33. The molecular formula is C21H23NO3. The van der Waals surface area contributed by atoms with Gasteiger partial charge in [0.1, 0.15) is 5.75 Å². The molecule has 0 radical (unpaired) electrons. The fraction of sp³-hybridized carbons (Fsp3) is 0.381. The van der Waals surface area contributed by atoms with Crippen molar-refractivity contribution in [1.82, 2.24) is 4.90 Å². The molecule has 4 heteroatoms. The van der Waals surface area contributed by atoms with Gasteiger partial charge in [-0.1, -0.05) is 42.0 Å². The number of benzene rings is 1. The molecule has 0 aromatic heterocycles. The molecule has 0 bridgehead atoms. The quantitative estimate of drug-likeness (QED) is 0.897. The third kappa shape index (κ3) is 3.27. The van der Waals surface area contributed by atoms with Crippen molar-refractivity contribution in [2.75, 3.05) is 26.2 Å². The van der Waals surface area contributed by atoms with Crippen LogP contribution in [0.2, 0.25) is 0 Å². The molecule has 4 nitrogen and oxygen atoms in total. The van der Waals surface area contributed by atoms with Crippen LogP contribution < -0.4 is 4.74 Å². The average molecular weight is 337 g/mol. The Hall–Kier alpha value is -2.33. The highest BCUT2D eigenvalue weighted by Crippen LogP contribution is 2.44. The van der Waals surface area contributed by atoms with E-state index >= 15 is 0 Å². The van der Waals surface area contributed by atoms with Crippen molar-refractivity contribution >= 4 is 11.5 Å². The van der Waals surface area contributed by atoms with E-state index in [0.29, 0.717) is 5.92 Å². The Morgan fingerprint density at radius 2 is 2.04 bits per heavy atom. The van der Waals surface area contributed by atoms with Crippen LogP contribution in [0.3, 0.4) is 0 Å². The summed E-state index contributed by atoms with van der Waals surface area (Å²) in [5.74, 6) is 0.620. The second kappa shape index (κ2) is 6.89. The first-order valence-corrected chi connectivity index (χ1v) is 8.98. The summed E-state index contributed by atoms with van der Waals surface area (Å²) in [6.07, 6.45) is 9.47. The van der Waals surface area contributed by atoms with Gasteiger partial charge in [0, 0.05) is 24.6 Å². The van der Waals surface area contributed by atoms with Gasteiger partial charge in [0.05, 0.1) is 13.2 Å². The summed E-state index contributed by atoms with van der Waals surface area (Å²) in [5.41, 5.74) is 5.35. The van der Waals surface area contributed by atoms with Crippen molar-refractivity contribution in [3.05, 3.63) is 59.2 Å². The first kappa shape index (κ1) is 16.2. The average Bonchev–Trinajstić information content (AvgIpc) is 2.79. The number of piperidine rings is 1. The maximum absolute atomic E-state index is 11.0. The largest absolute Gasteiger partial charge is 0.492 e. The number of carbonyl (C=O) groups is 1. The van der Waals surface area contributed by atoms with E-state index in [1.165, 1.54) is 22.3 Å². The number of hydrogen-bond donors (Lipinski definition) is 1. The smallest absolute Gasteiger partial charge is 0.317 e. The second-order valence-electron chi connectivity index (χ2n) is 6.94. The van der Waals surface area contributed by atoms with Crippen molar-refractivity contribution in [2.24, 2.45) is 5.92 Å². The number of aliphatic carboxylic acids is 1. The van der Waals surface area contributed by atoms with Gasteiger partial charge >= 0.3 is 5.97 Å². The van der Waals surface area contributed by atoms with Crippen molar-refractivity contribution in [3.63, 3.8) is 0 Å². The Kier molecular flexibility index (Phi) is 4.45. The predicted molar refractivity (Wildman–Crippen MR) is 97.5 cm³/mol. The van der Waals surface area contributed by atoms with Crippen molar-refractivity contribution in [2.45, 2.75) is 19.3 Å². The number of ether oxygens (including phenoxy) is 1. The molecule has 1 atom stereocenters. The minimum atomic E-state index is -0.746. The van der Waals surface area contributed by atoms with Crippen LogP contribution >= 0.6 is 0 Å². The molecule has 1 aromatic rings. The number of likely N-dealkylation sites (tertiary alicyclic amines) is 1. The van der Waals surface area contributed by atoms with Gasteiger partial charge < -0.3 is 9.84 Å². The number of carboxylic acid groups (broad SMARTS) is 1. The molecule has 3 aliphatic rings. The SMILES string of the molecule is O=C(O)CN1CCC(=C2C3=CC=CCC3COc3ccccc32)CC1. The first-order valence-electron chi connectivity index (χ1n) is 8.98. The summed E-state index contributed by atoms with van der Waals surface area (Å²) in [6, 6.07) is 8.31. The van der Waals surface area contributed by atoms with Crippen LogP contribution in [0.4, 0.5) is 0 Å². The molecule has 4 rings (SSSR count). The predicted octanol–water partition coefficient (Wildman–Crippen LogP) is 3.52. The molecule has 1 N–H and O–H groups in total. The zero-order valence-corrected chi connectivity index (χ0v) is 14.3. The molecule has 0 saturated carbocycles. The summed E-state index contributed by atoms with van der Waals surface area (Å²) < 4.78 is 6.12. The summed E-state index contributed by atoms with van der Waals surface area (Å²) in [6.45, 7) is 2.47. The Morgan fingerprint density at radius 1 is 1.24 bits per heavy atom. The monoisotopic (exact) mass is 337 g/mol. The lowest BCUT2D eigenvalue weighted by atomic mass is 9.80. The molecule has 0 spiro atoms. The minimum absolute atomic E-state index is 0.135. The Balaban J connectivity index is 1.73. The molecule has 1 fully saturated rings. The number of carboxylic acids is 1. The third-order valence-corrected chi connectivity index (χ3v) is 5.33. The summed E-state index contributed by atoms with van der Waals surface area (Å²) >= 11 is 0. The van der Waals surface area contributed by atoms with E-state index in [1.54, 1.807) is 0 Å². The standard InChI is InChI=1S/C21H23NO3/c23-20(24)13-22-11-9-15(10-12-22)21-17-6-2-1-5-16(17)14-25-19-8-4-3-7-18(19)21/h1-4,6-8,16H,5,9-14H2,(H,23,24). The van der Waals surface area contributed by atoms with E-state index in [-0.39, 0.29) is 6.54 Å². The molecule has 1 saturated heterocycles. The highest BCUT2D eigenvalue weighted by atomic mass is 16.5. The van der Waals surface area contributed by atoms with Gasteiger partial charge in [-0.2, -0.15) is 0 Å². The fourth-order valence-corrected chi connectivity index (χ4v) is 4.08. The summed E-state index contributed by atoms with van der Waals surface area (Å²) in [7, 11) is 0. The molecular weight excluding hydrogens is 314 g/mol. The second-order valence-corrected chi connectivity index (χ2v) is 6.94. The zero-order valence-electron chi connectivity index (χ0n) is 14.3. The molecule has 25 heavy (non-hydrogen) atoms. The van der Waals surface area contributed by atoms with Crippen LogP contribution in [0.5, 0.6) is 5.75 Å². The molecule has 1 aliphatic carbocycles. The molecule has 1 aromatic carbocycles. The number of hydrogen-bond acceptors (Lipinski definition) is 3. The molecule has 0 amide bonds. The van der Waals surface area contributed by atoms with E-state index in [4.69, 9.17) is 9.84 Å². The van der Waals surface area contributed by atoms with Gasteiger partial charge in [-0.25, -0.2) is 0 Å². The van der Waals surface area contributed by atoms with Crippen LogP contribution in [0, 0.1) is 5.92 Å². The minimum Gasteiger partial charge on any atom is -0.492 e. The number of nitrogens with zero attached hydrogens (tertiary/aromatic N) is 1. The van der Waals surface area contributed by atoms with Gasteiger partial charge in [-0.3, -0.25) is 9.69 Å². The summed E-state index contributed by atoms with van der Waals surface area (Å²) in [5, 5.41) is 9.02. The van der Waals surface area contributed by atoms with Crippen LogP contribution in [-0.4, -0.2) is 42.2 Å².